The fourth-order valence-electron chi connectivity index (χ4n) is 3.64. The summed E-state index contributed by atoms with van der Waals surface area (Å²) < 4.78 is 1.55. The number of nitrogens with zero attached hydrogens (tertiary/aromatic N) is 2. The van der Waals surface area contributed by atoms with Crippen molar-refractivity contribution in [2.45, 2.75) is 32.2 Å². The standard InChI is InChI=1S/C21H23N3O3/c1-23-12-17-13-24(9-8-15(17)11-19(23)25)21(27)16-6-3-7-18(10-16)22-20(26)14-4-2-5-14/h3,6-7,10-12,14H,2,4-5,8-9,13H2,1H3,(H,22,26). The van der Waals surface area contributed by atoms with Crippen LogP contribution in [0.5, 0.6) is 0 Å². The van der Waals surface area contributed by atoms with E-state index in [0.717, 1.165) is 30.4 Å². The molecule has 0 spiro atoms. The number of rotatable bonds is 3. The average molecular weight is 365 g/mol. The third-order valence-corrected chi connectivity index (χ3v) is 5.56. The Labute approximate surface area is 157 Å². The minimum atomic E-state index is -0.0609. The van der Waals surface area contributed by atoms with Gasteiger partial charge in [0.2, 0.25) is 5.91 Å². The molecule has 0 radical (unpaired) electrons. The zero-order chi connectivity index (χ0) is 19.0. The molecule has 2 aromatic rings. The third kappa shape index (κ3) is 3.52. The number of aryl methyl sites for hydroxylation is 1. The number of benzene rings is 1. The van der Waals surface area contributed by atoms with E-state index in [4.69, 9.17) is 0 Å². The Morgan fingerprint density at radius 2 is 1.96 bits per heavy atom. The normalized spacial score (nSPS) is 16.4. The van der Waals surface area contributed by atoms with Gasteiger partial charge in [0.15, 0.2) is 0 Å². The molecular formula is C21H23N3O3. The number of anilines is 1. The molecule has 0 unspecified atom stereocenters. The number of aromatic nitrogens is 1. The zero-order valence-corrected chi connectivity index (χ0v) is 15.4. The fraction of sp³-hybridized carbons (Fsp3) is 0.381. The summed E-state index contributed by atoms with van der Waals surface area (Å²) in [6.45, 7) is 1.07. The molecule has 1 aliphatic heterocycles. The highest BCUT2D eigenvalue weighted by Gasteiger charge is 2.26. The van der Waals surface area contributed by atoms with Crippen molar-refractivity contribution in [3.8, 4) is 0 Å². The van der Waals surface area contributed by atoms with Crippen LogP contribution in [-0.2, 0) is 24.8 Å². The van der Waals surface area contributed by atoms with E-state index in [1.54, 1.807) is 40.8 Å². The van der Waals surface area contributed by atoms with Crippen molar-refractivity contribution in [2.24, 2.45) is 13.0 Å². The van der Waals surface area contributed by atoms with Gasteiger partial charge in [-0.25, -0.2) is 0 Å². The first-order valence-corrected chi connectivity index (χ1v) is 9.40. The molecule has 2 amide bonds. The summed E-state index contributed by atoms with van der Waals surface area (Å²) in [4.78, 5) is 38.7. The SMILES string of the molecule is Cn1cc2c(cc1=O)CCN(C(=O)c1cccc(NC(=O)C3CCC3)c1)C2. The topological polar surface area (TPSA) is 71.4 Å². The van der Waals surface area contributed by atoms with E-state index in [2.05, 4.69) is 5.32 Å². The maximum atomic E-state index is 12.9. The molecule has 1 aromatic carbocycles. The molecule has 1 aliphatic carbocycles. The summed E-state index contributed by atoms with van der Waals surface area (Å²) in [5.41, 5.74) is 3.23. The predicted octanol–water partition coefficient (Wildman–Crippen LogP) is 2.32. The number of hydrogen-bond donors (Lipinski definition) is 1. The molecule has 1 N–H and O–H groups in total. The van der Waals surface area contributed by atoms with Crippen LogP contribution in [0.1, 0.15) is 40.7 Å². The van der Waals surface area contributed by atoms with Crippen molar-refractivity contribution < 1.29 is 9.59 Å². The second-order valence-corrected chi connectivity index (χ2v) is 7.45. The van der Waals surface area contributed by atoms with Gasteiger partial charge < -0.3 is 14.8 Å². The van der Waals surface area contributed by atoms with E-state index in [0.29, 0.717) is 30.8 Å². The molecule has 1 aromatic heterocycles. The summed E-state index contributed by atoms with van der Waals surface area (Å²) in [7, 11) is 1.72. The van der Waals surface area contributed by atoms with Gasteiger partial charge in [-0.15, -0.1) is 0 Å². The third-order valence-electron chi connectivity index (χ3n) is 5.56. The van der Waals surface area contributed by atoms with Crippen LogP contribution in [0.25, 0.3) is 0 Å². The molecule has 6 heteroatoms. The van der Waals surface area contributed by atoms with Crippen LogP contribution in [0.4, 0.5) is 5.69 Å². The fourth-order valence-corrected chi connectivity index (χ4v) is 3.64. The van der Waals surface area contributed by atoms with Gasteiger partial charge >= 0.3 is 0 Å². The van der Waals surface area contributed by atoms with E-state index < -0.39 is 0 Å². The van der Waals surface area contributed by atoms with Gasteiger partial charge in [-0.2, -0.15) is 0 Å². The zero-order valence-electron chi connectivity index (χ0n) is 15.4. The number of pyridine rings is 1. The average Bonchev–Trinajstić information content (AvgIpc) is 2.60. The minimum Gasteiger partial charge on any atom is -0.334 e. The Bertz CT molecular complexity index is 959. The molecule has 2 aliphatic rings. The van der Waals surface area contributed by atoms with Gasteiger partial charge in [0.1, 0.15) is 0 Å². The lowest BCUT2D eigenvalue weighted by Crippen LogP contribution is -2.37. The largest absolute Gasteiger partial charge is 0.334 e. The highest BCUT2D eigenvalue weighted by molar-refractivity contribution is 5.98. The Hall–Kier alpha value is -2.89. The molecule has 4 rings (SSSR count). The molecule has 0 atom stereocenters. The number of hydrogen-bond acceptors (Lipinski definition) is 3. The molecule has 2 heterocycles. The number of fused-ring (bicyclic) bond motifs is 1. The summed E-state index contributed by atoms with van der Waals surface area (Å²) in [5, 5.41) is 2.92. The van der Waals surface area contributed by atoms with Crippen molar-refractivity contribution in [3.63, 3.8) is 0 Å². The van der Waals surface area contributed by atoms with Crippen LogP contribution in [-0.4, -0.2) is 27.8 Å². The van der Waals surface area contributed by atoms with Gasteiger partial charge in [0, 0.05) is 49.6 Å². The Morgan fingerprint density at radius 1 is 1.15 bits per heavy atom. The van der Waals surface area contributed by atoms with Crippen molar-refractivity contribution in [1.29, 1.82) is 0 Å². The van der Waals surface area contributed by atoms with Gasteiger partial charge in [0.05, 0.1) is 0 Å². The Morgan fingerprint density at radius 3 is 2.70 bits per heavy atom. The van der Waals surface area contributed by atoms with Gasteiger partial charge in [-0.05, 0) is 48.6 Å². The minimum absolute atomic E-state index is 0.0246. The van der Waals surface area contributed by atoms with Crippen LogP contribution in [0.15, 0.2) is 41.3 Å². The Kier molecular flexibility index (Phi) is 4.56. The maximum absolute atomic E-state index is 12.9. The van der Waals surface area contributed by atoms with Crippen LogP contribution >= 0.6 is 0 Å². The lowest BCUT2D eigenvalue weighted by Gasteiger charge is -2.29. The van der Waals surface area contributed by atoms with Crippen LogP contribution in [0.2, 0.25) is 0 Å². The Balaban J connectivity index is 1.49. The van der Waals surface area contributed by atoms with E-state index in [1.807, 2.05) is 12.3 Å². The molecule has 27 heavy (non-hydrogen) atoms. The molecule has 1 fully saturated rings. The lowest BCUT2D eigenvalue weighted by molar-refractivity contribution is -0.122. The number of amides is 2. The summed E-state index contributed by atoms with van der Waals surface area (Å²) in [5.74, 6) is 0.0857. The van der Waals surface area contributed by atoms with E-state index >= 15 is 0 Å². The van der Waals surface area contributed by atoms with Crippen molar-refractivity contribution in [3.05, 3.63) is 63.6 Å². The second kappa shape index (κ2) is 7.02. The van der Waals surface area contributed by atoms with Gasteiger partial charge in [0.25, 0.3) is 11.5 Å². The first-order chi connectivity index (χ1) is 13.0. The predicted molar refractivity (Wildman–Crippen MR) is 103 cm³/mol. The van der Waals surface area contributed by atoms with E-state index in [9.17, 15) is 14.4 Å². The van der Waals surface area contributed by atoms with Gasteiger partial charge in [-0.1, -0.05) is 12.5 Å². The number of carbonyl (C=O) groups excluding carboxylic acids is 2. The van der Waals surface area contributed by atoms with Crippen LogP contribution < -0.4 is 10.9 Å². The number of nitrogens with one attached hydrogen (secondary N) is 1. The van der Waals surface area contributed by atoms with Crippen molar-refractivity contribution >= 4 is 17.5 Å². The molecule has 0 saturated heterocycles. The van der Waals surface area contributed by atoms with E-state index in [-0.39, 0.29) is 23.3 Å². The first-order valence-electron chi connectivity index (χ1n) is 9.40. The summed E-state index contributed by atoms with van der Waals surface area (Å²) in [6, 6.07) is 8.79. The van der Waals surface area contributed by atoms with Crippen LogP contribution in [0, 0.1) is 5.92 Å². The maximum Gasteiger partial charge on any atom is 0.254 e. The molecule has 1 saturated carbocycles. The quantitative estimate of drug-likeness (QED) is 0.907. The van der Waals surface area contributed by atoms with Gasteiger partial charge in [-0.3, -0.25) is 14.4 Å². The molecular weight excluding hydrogens is 342 g/mol. The summed E-state index contributed by atoms with van der Waals surface area (Å²) >= 11 is 0. The monoisotopic (exact) mass is 365 g/mol. The highest BCUT2D eigenvalue weighted by Crippen LogP contribution is 2.28. The van der Waals surface area contributed by atoms with Crippen LogP contribution in [0.3, 0.4) is 0 Å². The summed E-state index contributed by atoms with van der Waals surface area (Å²) in [6.07, 6.45) is 5.49. The second-order valence-electron chi connectivity index (χ2n) is 7.45. The molecule has 6 nitrogen and oxygen atoms in total. The number of carbonyl (C=O) groups is 2. The van der Waals surface area contributed by atoms with Crippen molar-refractivity contribution in [2.75, 3.05) is 11.9 Å². The smallest absolute Gasteiger partial charge is 0.254 e. The molecule has 0 bridgehead atoms. The van der Waals surface area contributed by atoms with Crippen molar-refractivity contribution in [1.82, 2.24) is 9.47 Å². The first kappa shape index (κ1) is 17.5. The van der Waals surface area contributed by atoms with E-state index in [1.165, 1.54) is 0 Å². The lowest BCUT2D eigenvalue weighted by atomic mass is 9.85. The molecule has 140 valence electrons. The highest BCUT2D eigenvalue weighted by atomic mass is 16.2.